The number of anilines is 1. The van der Waals surface area contributed by atoms with Crippen LogP contribution in [-0.2, 0) is 6.61 Å². The first-order valence-corrected chi connectivity index (χ1v) is 13.9. The van der Waals surface area contributed by atoms with E-state index in [1.807, 2.05) is 18.2 Å². The van der Waals surface area contributed by atoms with Crippen LogP contribution in [0.25, 0.3) is 22.0 Å². The lowest BCUT2D eigenvalue weighted by Crippen LogP contribution is -2.40. The van der Waals surface area contributed by atoms with E-state index in [4.69, 9.17) is 11.6 Å². The fourth-order valence-corrected chi connectivity index (χ4v) is 5.99. The third-order valence-corrected chi connectivity index (χ3v) is 8.39. The molecule has 7 heteroatoms. The van der Waals surface area contributed by atoms with Crippen LogP contribution in [-0.4, -0.2) is 51.1 Å². The molecule has 1 aromatic heterocycles. The Bertz CT molecular complexity index is 1290. The molecule has 196 valence electrons. The van der Waals surface area contributed by atoms with Gasteiger partial charge in [-0.05, 0) is 87.0 Å². The molecule has 0 spiro atoms. The molecule has 0 bridgehead atoms. The van der Waals surface area contributed by atoms with Crippen LogP contribution in [0.4, 0.5) is 5.69 Å². The van der Waals surface area contributed by atoms with Gasteiger partial charge < -0.3 is 20.4 Å². The van der Waals surface area contributed by atoms with E-state index in [1.165, 1.54) is 0 Å². The van der Waals surface area contributed by atoms with Crippen LogP contribution in [0.1, 0.15) is 68.3 Å². The predicted octanol–water partition coefficient (Wildman–Crippen LogP) is 6.41. The Kier molecular flexibility index (Phi) is 7.70. The van der Waals surface area contributed by atoms with Gasteiger partial charge in [0.05, 0.1) is 28.4 Å². The average molecular weight is 522 g/mol. The summed E-state index contributed by atoms with van der Waals surface area (Å²) < 4.78 is 0. The highest BCUT2D eigenvalue weighted by Gasteiger charge is 2.33. The molecule has 0 unspecified atom stereocenters. The minimum absolute atomic E-state index is 0.101. The van der Waals surface area contributed by atoms with Crippen LogP contribution in [0.3, 0.4) is 0 Å². The Morgan fingerprint density at radius 3 is 2.43 bits per heavy atom. The first-order chi connectivity index (χ1) is 17.9. The number of rotatable bonds is 9. The molecule has 0 aliphatic heterocycles. The first-order valence-electron chi connectivity index (χ1n) is 13.5. The highest BCUT2D eigenvalue weighted by Crippen LogP contribution is 2.40. The Morgan fingerprint density at radius 1 is 1.05 bits per heavy atom. The fraction of sp³-hybridized carbons (Fsp3) is 0.467. The monoisotopic (exact) mass is 521 g/mol. The average Bonchev–Trinajstić information content (AvgIpc) is 3.77. The zero-order valence-corrected chi connectivity index (χ0v) is 22.4. The molecule has 5 rings (SSSR count). The van der Waals surface area contributed by atoms with Gasteiger partial charge in [-0.25, -0.2) is 0 Å². The van der Waals surface area contributed by atoms with Crippen LogP contribution >= 0.6 is 11.6 Å². The smallest absolute Gasteiger partial charge is 0.169 e. The number of carbonyl (C=O) groups excluding carboxylic acids is 1. The van der Waals surface area contributed by atoms with Gasteiger partial charge in [-0.1, -0.05) is 31.5 Å². The number of nitrogens with one attached hydrogen (secondary N) is 1. The molecular weight excluding hydrogens is 486 g/mol. The molecule has 3 aromatic rings. The third kappa shape index (κ3) is 5.33. The number of hydrogen-bond acceptors (Lipinski definition) is 6. The van der Waals surface area contributed by atoms with Crippen molar-refractivity contribution in [3.63, 3.8) is 0 Å². The van der Waals surface area contributed by atoms with Crippen molar-refractivity contribution in [3.8, 4) is 16.9 Å². The second kappa shape index (κ2) is 11.0. The molecule has 0 atom stereocenters. The summed E-state index contributed by atoms with van der Waals surface area (Å²) in [4.78, 5) is 20.5. The fourth-order valence-electron chi connectivity index (χ4n) is 5.75. The number of fused-ring (bicyclic) bond motifs is 1. The van der Waals surface area contributed by atoms with E-state index in [0.29, 0.717) is 23.2 Å². The lowest BCUT2D eigenvalue weighted by molar-refractivity contribution is 0.0968. The molecular formula is C30H36ClN3O3. The summed E-state index contributed by atoms with van der Waals surface area (Å²) >= 11 is 6.26. The number of aliphatic hydroxyl groups is 1. The van der Waals surface area contributed by atoms with Crippen molar-refractivity contribution in [2.24, 2.45) is 5.92 Å². The summed E-state index contributed by atoms with van der Waals surface area (Å²) in [7, 11) is 0. The van der Waals surface area contributed by atoms with Gasteiger partial charge in [-0.15, -0.1) is 0 Å². The van der Waals surface area contributed by atoms with Crippen LogP contribution in [0.5, 0.6) is 5.75 Å². The van der Waals surface area contributed by atoms with E-state index in [1.54, 1.807) is 18.3 Å². The maximum atomic E-state index is 13.3. The van der Waals surface area contributed by atoms with E-state index < -0.39 is 0 Å². The standard InChI is InChI=1S/C30H36ClN3O3/c1-3-34(4-2)23-10-8-22(9-11-23)33-28-24-14-19(20-13-21(17-35)30(37)26(31)15-20)7-12-27(24)32-16-25(28)29(36)18-5-6-18/h7,12-16,18,22-23,35,37H,3-6,8-11,17H2,1-2H3,(H,32,33)/t22-,23+. The molecule has 0 saturated heterocycles. The minimum Gasteiger partial charge on any atom is -0.506 e. The number of carbonyl (C=O) groups is 1. The predicted molar refractivity (Wildman–Crippen MR) is 149 cm³/mol. The number of aromatic nitrogens is 1. The molecule has 2 aliphatic carbocycles. The number of nitrogens with zero attached hydrogens (tertiary/aromatic N) is 2. The van der Waals surface area contributed by atoms with Gasteiger partial charge in [0.1, 0.15) is 5.75 Å². The quantitative estimate of drug-likeness (QED) is 0.282. The Morgan fingerprint density at radius 2 is 1.78 bits per heavy atom. The van der Waals surface area contributed by atoms with Crippen LogP contribution in [0, 0.1) is 5.92 Å². The van der Waals surface area contributed by atoms with Crippen molar-refractivity contribution in [3.05, 3.63) is 52.7 Å². The van der Waals surface area contributed by atoms with Gasteiger partial charge in [0.2, 0.25) is 0 Å². The normalized spacial score (nSPS) is 19.9. The summed E-state index contributed by atoms with van der Waals surface area (Å²) in [5, 5.41) is 24.7. The molecule has 3 N–H and O–H groups in total. The summed E-state index contributed by atoms with van der Waals surface area (Å²) in [6.07, 6.45) is 8.06. The number of hydrogen-bond donors (Lipinski definition) is 3. The SMILES string of the molecule is CCN(CC)[C@H]1CC[C@@H](Nc2c(C(=O)C3CC3)cnc3ccc(-c4cc(Cl)c(O)c(CO)c4)cc23)CC1. The van der Waals surface area contributed by atoms with Gasteiger partial charge in [0, 0.05) is 35.1 Å². The van der Waals surface area contributed by atoms with Crippen LogP contribution in [0.2, 0.25) is 5.02 Å². The van der Waals surface area contributed by atoms with Gasteiger partial charge in [-0.2, -0.15) is 0 Å². The van der Waals surface area contributed by atoms with Crippen molar-refractivity contribution in [1.29, 1.82) is 0 Å². The Balaban J connectivity index is 1.52. The number of halogens is 1. The number of aliphatic hydroxyl groups excluding tert-OH is 1. The summed E-state index contributed by atoms with van der Waals surface area (Å²) in [6, 6.07) is 10.3. The number of benzene rings is 2. The van der Waals surface area contributed by atoms with E-state index >= 15 is 0 Å². The second-order valence-electron chi connectivity index (χ2n) is 10.4. The topological polar surface area (TPSA) is 85.7 Å². The van der Waals surface area contributed by atoms with Crippen molar-refractivity contribution in [2.45, 2.75) is 71.1 Å². The van der Waals surface area contributed by atoms with E-state index in [2.05, 4.69) is 29.0 Å². The molecule has 2 aromatic carbocycles. The summed E-state index contributed by atoms with van der Waals surface area (Å²) in [6.45, 7) is 6.31. The van der Waals surface area contributed by atoms with Gasteiger partial charge in [0.15, 0.2) is 5.78 Å². The number of aromatic hydroxyl groups is 1. The van der Waals surface area contributed by atoms with Gasteiger partial charge >= 0.3 is 0 Å². The zero-order chi connectivity index (χ0) is 26.1. The zero-order valence-electron chi connectivity index (χ0n) is 21.6. The summed E-state index contributed by atoms with van der Waals surface area (Å²) in [5.74, 6) is 0.175. The highest BCUT2D eigenvalue weighted by atomic mass is 35.5. The number of ketones is 1. The largest absolute Gasteiger partial charge is 0.506 e. The number of Topliss-reactive ketones (excluding diaryl/α,β-unsaturated/α-hetero) is 1. The maximum absolute atomic E-state index is 13.3. The molecule has 6 nitrogen and oxygen atoms in total. The lowest BCUT2D eigenvalue weighted by atomic mass is 9.89. The minimum atomic E-state index is -0.308. The van der Waals surface area contributed by atoms with Crippen molar-refractivity contribution in [2.75, 3.05) is 18.4 Å². The molecule has 1 heterocycles. The van der Waals surface area contributed by atoms with Crippen molar-refractivity contribution >= 4 is 34.0 Å². The lowest BCUT2D eigenvalue weighted by Gasteiger charge is -2.36. The van der Waals surface area contributed by atoms with Gasteiger partial charge in [0.25, 0.3) is 0 Å². The molecule has 37 heavy (non-hydrogen) atoms. The number of pyridine rings is 1. The highest BCUT2D eigenvalue weighted by molar-refractivity contribution is 6.32. The van der Waals surface area contributed by atoms with E-state index in [9.17, 15) is 15.0 Å². The van der Waals surface area contributed by atoms with E-state index in [-0.39, 0.29) is 29.1 Å². The Hall–Kier alpha value is -2.67. The molecule has 2 fully saturated rings. The van der Waals surface area contributed by atoms with Crippen LogP contribution < -0.4 is 5.32 Å². The van der Waals surface area contributed by atoms with Crippen molar-refractivity contribution < 1.29 is 15.0 Å². The first kappa shape index (κ1) is 26.0. The second-order valence-corrected chi connectivity index (χ2v) is 10.8. The van der Waals surface area contributed by atoms with Gasteiger partial charge in [-0.3, -0.25) is 9.78 Å². The molecule has 0 amide bonds. The Labute approximate surface area is 223 Å². The van der Waals surface area contributed by atoms with E-state index in [0.717, 1.165) is 79.3 Å². The van der Waals surface area contributed by atoms with Crippen LogP contribution in [0.15, 0.2) is 36.5 Å². The maximum Gasteiger partial charge on any atom is 0.169 e. The third-order valence-electron chi connectivity index (χ3n) is 8.10. The number of phenols is 1. The molecule has 2 aliphatic rings. The van der Waals surface area contributed by atoms with Crippen molar-refractivity contribution in [1.82, 2.24) is 9.88 Å². The summed E-state index contributed by atoms with van der Waals surface area (Å²) in [5.41, 5.74) is 4.43. The molecule has 2 saturated carbocycles. The molecule has 0 radical (unpaired) electrons.